The minimum absolute atomic E-state index is 0.661. The SMILES string of the molecule is CCCCOCCOCCCC(CC)NCCC. The van der Waals surface area contributed by atoms with E-state index in [9.17, 15) is 0 Å². The van der Waals surface area contributed by atoms with Gasteiger partial charge >= 0.3 is 0 Å². The first-order valence-electron chi connectivity index (χ1n) is 7.73. The van der Waals surface area contributed by atoms with Gasteiger partial charge in [0, 0.05) is 19.3 Å². The maximum atomic E-state index is 5.56. The van der Waals surface area contributed by atoms with Crippen LogP contribution in [0.2, 0.25) is 0 Å². The number of nitrogens with one attached hydrogen (secondary N) is 1. The summed E-state index contributed by atoms with van der Waals surface area (Å²) in [5.41, 5.74) is 0. The highest BCUT2D eigenvalue weighted by atomic mass is 16.5. The van der Waals surface area contributed by atoms with Crippen molar-refractivity contribution in [2.45, 2.75) is 65.3 Å². The molecular formula is C15H33NO2. The van der Waals surface area contributed by atoms with Crippen LogP contribution in [0.25, 0.3) is 0 Å². The average Bonchev–Trinajstić information content (AvgIpc) is 2.40. The molecule has 0 radical (unpaired) electrons. The molecule has 3 heteroatoms. The van der Waals surface area contributed by atoms with Crippen LogP contribution < -0.4 is 5.32 Å². The number of hydrogen-bond acceptors (Lipinski definition) is 3. The highest BCUT2D eigenvalue weighted by Gasteiger charge is 2.03. The van der Waals surface area contributed by atoms with Crippen molar-refractivity contribution in [2.24, 2.45) is 0 Å². The van der Waals surface area contributed by atoms with Crippen molar-refractivity contribution in [3.8, 4) is 0 Å². The molecule has 18 heavy (non-hydrogen) atoms. The predicted octanol–water partition coefficient (Wildman–Crippen LogP) is 3.38. The second-order valence-corrected chi connectivity index (χ2v) is 4.78. The van der Waals surface area contributed by atoms with Crippen LogP contribution in [0.4, 0.5) is 0 Å². The number of rotatable bonds is 14. The van der Waals surface area contributed by atoms with E-state index in [1.54, 1.807) is 0 Å². The Morgan fingerprint density at radius 3 is 2.06 bits per heavy atom. The fraction of sp³-hybridized carbons (Fsp3) is 1.00. The normalized spacial score (nSPS) is 12.8. The Bertz CT molecular complexity index is 153. The maximum absolute atomic E-state index is 5.56. The topological polar surface area (TPSA) is 30.5 Å². The molecule has 0 heterocycles. The van der Waals surface area contributed by atoms with E-state index in [4.69, 9.17) is 9.47 Å². The highest BCUT2D eigenvalue weighted by Crippen LogP contribution is 2.02. The predicted molar refractivity (Wildman–Crippen MR) is 78.2 cm³/mol. The second-order valence-electron chi connectivity index (χ2n) is 4.78. The van der Waals surface area contributed by atoms with Crippen LogP contribution in [0.1, 0.15) is 59.3 Å². The van der Waals surface area contributed by atoms with Gasteiger partial charge in [-0.2, -0.15) is 0 Å². The molecule has 0 rings (SSSR count). The number of unbranched alkanes of at least 4 members (excludes halogenated alkanes) is 1. The molecule has 0 aromatic heterocycles. The molecule has 0 amide bonds. The van der Waals surface area contributed by atoms with Gasteiger partial charge in [-0.3, -0.25) is 0 Å². The molecule has 0 aromatic rings. The smallest absolute Gasteiger partial charge is 0.0700 e. The van der Waals surface area contributed by atoms with Crippen LogP contribution >= 0.6 is 0 Å². The number of ether oxygens (including phenoxy) is 2. The van der Waals surface area contributed by atoms with E-state index in [-0.39, 0.29) is 0 Å². The molecule has 1 N–H and O–H groups in total. The first kappa shape index (κ1) is 17.9. The second kappa shape index (κ2) is 14.9. The minimum Gasteiger partial charge on any atom is -0.379 e. The molecule has 0 aliphatic heterocycles. The van der Waals surface area contributed by atoms with Crippen LogP contribution in [0.15, 0.2) is 0 Å². The largest absolute Gasteiger partial charge is 0.379 e. The quantitative estimate of drug-likeness (QED) is 0.485. The summed E-state index contributed by atoms with van der Waals surface area (Å²) in [6.45, 7) is 11.0. The van der Waals surface area contributed by atoms with E-state index < -0.39 is 0 Å². The minimum atomic E-state index is 0.661. The molecule has 1 unspecified atom stereocenters. The summed E-state index contributed by atoms with van der Waals surface area (Å²) in [6, 6.07) is 0.661. The molecule has 0 saturated carbocycles. The third-order valence-corrected chi connectivity index (χ3v) is 3.03. The number of hydrogen-bond donors (Lipinski definition) is 1. The van der Waals surface area contributed by atoms with Gasteiger partial charge in [-0.1, -0.05) is 27.2 Å². The molecule has 110 valence electrons. The maximum Gasteiger partial charge on any atom is 0.0700 e. The van der Waals surface area contributed by atoms with Gasteiger partial charge in [0.1, 0.15) is 0 Å². The lowest BCUT2D eigenvalue weighted by Crippen LogP contribution is -2.29. The summed E-state index contributed by atoms with van der Waals surface area (Å²) in [5.74, 6) is 0. The zero-order valence-electron chi connectivity index (χ0n) is 12.7. The Hall–Kier alpha value is -0.120. The Labute approximate surface area is 114 Å². The van der Waals surface area contributed by atoms with Gasteiger partial charge in [0.25, 0.3) is 0 Å². The Morgan fingerprint density at radius 2 is 1.50 bits per heavy atom. The van der Waals surface area contributed by atoms with Gasteiger partial charge in [0.2, 0.25) is 0 Å². The van der Waals surface area contributed by atoms with Crippen molar-refractivity contribution in [1.82, 2.24) is 5.32 Å². The monoisotopic (exact) mass is 259 g/mol. The molecule has 3 nitrogen and oxygen atoms in total. The Balaban J connectivity index is 3.17. The third kappa shape index (κ3) is 12.3. The summed E-state index contributed by atoms with van der Waals surface area (Å²) in [5, 5.41) is 3.56. The summed E-state index contributed by atoms with van der Waals surface area (Å²) >= 11 is 0. The molecule has 0 aromatic carbocycles. The zero-order chi connectivity index (χ0) is 13.5. The van der Waals surface area contributed by atoms with E-state index in [0.717, 1.165) is 45.8 Å². The van der Waals surface area contributed by atoms with E-state index >= 15 is 0 Å². The zero-order valence-corrected chi connectivity index (χ0v) is 12.7. The molecule has 0 bridgehead atoms. The van der Waals surface area contributed by atoms with Crippen molar-refractivity contribution in [2.75, 3.05) is 33.0 Å². The molecule has 1 atom stereocenters. The summed E-state index contributed by atoms with van der Waals surface area (Å²) in [7, 11) is 0. The molecule has 0 saturated heterocycles. The lowest BCUT2D eigenvalue weighted by molar-refractivity contribution is 0.0447. The average molecular weight is 259 g/mol. The molecule has 0 aliphatic rings. The Morgan fingerprint density at radius 1 is 0.833 bits per heavy atom. The van der Waals surface area contributed by atoms with Crippen molar-refractivity contribution in [1.29, 1.82) is 0 Å². The van der Waals surface area contributed by atoms with Crippen molar-refractivity contribution in [3.63, 3.8) is 0 Å². The van der Waals surface area contributed by atoms with Crippen LogP contribution in [0.5, 0.6) is 0 Å². The summed E-state index contributed by atoms with van der Waals surface area (Å²) < 4.78 is 11.0. The van der Waals surface area contributed by atoms with Gasteiger partial charge in [-0.05, 0) is 38.6 Å². The van der Waals surface area contributed by atoms with Crippen molar-refractivity contribution < 1.29 is 9.47 Å². The highest BCUT2D eigenvalue weighted by molar-refractivity contribution is 4.63. The standard InChI is InChI=1S/C15H33NO2/c1-4-7-11-17-13-14-18-12-8-9-15(6-3)16-10-5-2/h15-16H,4-14H2,1-3H3. The fourth-order valence-electron chi connectivity index (χ4n) is 1.80. The Kier molecular flexibility index (Phi) is 14.8. The lowest BCUT2D eigenvalue weighted by atomic mass is 10.1. The van der Waals surface area contributed by atoms with Gasteiger partial charge in [-0.15, -0.1) is 0 Å². The van der Waals surface area contributed by atoms with Crippen LogP contribution in [0, 0.1) is 0 Å². The first-order chi connectivity index (χ1) is 8.85. The summed E-state index contributed by atoms with van der Waals surface area (Å²) in [4.78, 5) is 0. The van der Waals surface area contributed by atoms with Crippen LogP contribution in [-0.4, -0.2) is 39.0 Å². The van der Waals surface area contributed by atoms with Crippen LogP contribution in [0.3, 0.4) is 0 Å². The molecule has 0 aliphatic carbocycles. The first-order valence-corrected chi connectivity index (χ1v) is 7.73. The van der Waals surface area contributed by atoms with Gasteiger partial charge in [-0.25, -0.2) is 0 Å². The van der Waals surface area contributed by atoms with Crippen molar-refractivity contribution >= 4 is 0 Å². The van der Waals surface area contributed by atoms with E-state index in [2.05, 4.69) is 26.1 Å². The van der Waals surface area contributed by atoms with Crippen molar-refractivity contribution in [3.05, 3.63) is 0 Å². The molecule has 0 fully saturated rings. The summed E-state index contributed by atoms with van der Waals surface area (Å²) in [6.07, 6.45) is 7.13. The molecule has 0 spiro atoms. The van der Waals surface area contributed by atoms with Gasteiger partial charge in [0.15, 0.2) is 0 Å². The third-order valence-electron chi connectivity index (χ3n) is 3.03. The van der Waals surface area contributed by atoms with E-state index in [1.807, 2.05) is 0 Å². The van der Waals surface area contributed by atoms with Gasteiger partial charge in [0.05, 0.1) is 13.2 Å². The van der Waals surface area contributed by atoms with E-state index in [0.29, 0.717) is 6.04 Å². The molecular weight excluding hydrogens is 226 g/mol. The fourth-order valence-corrected chi connectivity index (χ4v) is 1.80. The van der Waals surface area contributed by atoms with Crippen LogP contribution in [-0.2, 0) is 9.47 Å². The lowest BCUT2D eigenvalue weighted by Gasteiger charge is -2.16. The van der Waals surface area contributed by atoms with E-state index in [1.165, 1.54) is 25.7 Å². The van der Waals surface area contributed by atoms with Gasteiger partial charge < -0.3 is 14.8 Å².